The van der Waals surface area contributed by atoms with Crippen molar-refractivity contribution in [2.45, 2.75) is 0 Å². The van der Waals surface area contributed by atoms with E-state index in [0.717, 1.165) is 22.0 Å². The molecule has 0 aliphatic carbocycles. The van der Waals surface area contributed by atoms with Crippen molar-refractivity contribution < 1.29 is 9.21 Å². The van der Waals surface area contributed by atoms with E-state index in [4.69, 9.17) is 4.42 Å². The average Bonchev–Trinajstić information content (AvgIpc) is 3.09. The number of rotatable bonds is 2. The maximum Gasteiger partial charge on any atom is 0.272 e. The Hall–Kier alpha value is -3.01. The molecule has 0 spiro atoms. The lowest BCUT2D eigenvalue weighted by Crippen LogP contribution is -2.12. The first-order valence-corrected chi connectivity index (χ1v) is 6.66. The average molecular weight is 276 g/mol. The van der Waals surface area contributed by atoms with Crippen molar-refractivity contribution in [3.63, 3.8) is 0 Å². The number of amides is 1. The smallest absolute Gasteiger partial charge is 0.272 e. The molecule has 4 heteroatoms. The van der Waals surface area contributed by atoms with Gasteiger partial charge in [-0.3, -0.25) is 4.79 Å². The minimum Gasteiger partial charge on any atom is -0.463 e. The molecular weight excluding hydrogens is 264 g/mol. The highest BCUT2D eigenvalue weighted by Crippen LogP contribution is 2.24. The molecule has 102 valence electrons. The summed E-state index contributed by atoms with van der Waals surface area (Å²) in [6, 6.07) is 17.3. The van der Waals surface area contributed by atoms with E-state index in [0.29, 0.717) is 11.3 Å². The number of hydrogen-bond acceptors (Lipinski definition) is 2. The number of furan rings is 1. The van der Waals surface area contributed by atoms with E-state index in [1.807, 2.05) is 42.5 Å². The van der Waals surface area contributed by atoms with Crippen LogP contribution in [0.2, 0.25) is 0 Å². The Labute approximate surface area is 120 Å². The molecule has 4 rings (SSSR count). The van der Waals surface area contributed by atoms with E-state index >= 15 is 0 Å². The van der Waals surface area contributed by atoms with Crippen LogP contribution in [-0.4, -0.2) is 10.9 Å². The van der Waals surface area contributed by atoms with Gasteiger partial charge in [0.1, 0.15) is 5.69 Å². The molecule has 2 aromatic carbocycles. The van der Waals surface area contributed by atoms with Crippen LogP contribution in [0.5, 0.6) is 0 Å². The Morgan fingerprint density at radius 2 is 1.90 bits per heavy atom. The van der Waals surface area contributed by atoms with E-state index in [1.165, 1.54) is 0 Å². The van der Waals surface area contributed by atoms with E-state index < -0.39 is 0 Å². The third-order valence-electron chi connectivity index (χ3n) is 3.52. The molecule has 0 unspecified atom stereocenters. The number of H-pyrrole nitrogens is 1. The van der Waals surface area contributed by atoms with Gasteiger partial charge in [-0.1, -0.05) is 36.4 Å². The van der Waals surface area contributed by atoms with Crippen molar-refractivity contribution in [3.8, 4) is 0 Å². The minimum atomic E-state index is -0.183. The number of carbonyl (C=O) groups excluding carboxylic acids is 1. The van der Waals surface area contributed by atoms with Crippen molar-refractivity contribution in [3.05, 3.63) is 66.6 Å². The van der Waals surface area contributed by atoms with E-state index in [-0.39, 0.29) is 5.91 Å². The van der Waals surface area contributed by atoms with Gasteiger partial charge >= 0.3 is 0 Å². The summed E-state index contributed by atoms with van der Waals surface area (Å²) < 4.78 is 5.26. The zero-order chi connectivity index (χ0) is 14.2. The molecule has 1 amide bonds. The van der Waals surface area contributed by atoms with Gasteiger partial charge in [0.2, 0.25) is 0 Å². The summed E-state index contributed by atoms with van der Waals surface area (Å²) in [4.78, 5) is 15.4. The Bertz CT molecular complexity index is 916. The molecule has 2 aromatic heterocycles. The highest BCUT2D eigenvalue weighted by atomic mass is 16.3. The minimum absolute atomic E-state index is 0.183. The number of carbonyl (C=O) groups is 1. The van der Waals surface area contributed by atoms with Crippen LogP contribution in [0.15, 0.2) is 65.3 Å². The number of hydrogen-bond donors (Lipinski definition) is 2. The molecule has 0 atom stereocenters. The molecule has 0 fully saturated rings. The van der Waals surface area contributed by atoms with Gasteiger partial charge in [-0.25, -0.2) is 0 Å². The normalized spacial score (nSPS) is 11.0. The lowest BCUT2D eigenvalue weighted by molar-refractivity contribution is 0.102. The summed E-state index contributed by atoms with van der Waals surface area (Å²) in [5.41, 5.74) is 2.78. The van der Waals surface area contributed by atoms with Gasteiger partial charge in [-0.2, -0.15) is 0 Å². The van der Waals surface area contributed by atoms with Crippen molar-refractivity contribution in [1.29, 1.82) is 0 Å². The van der Waals surface area contributed by atoms with Crippen LogP contribution >= 0.6 is 0 Å². The maximum absolute atomic E-state index is 12.3. The first-order chi connectivity index (χ1) is 10.3. The molecule has 2 heterocycles. The van der Waals surface area contributed by atoms with Crippen molar-refractivity contribution in [2.75, 3.05) is 5.32 Å². The fraction of sp³-hybridized carbons (Fsp3) is 0. The largest absolute Gasteiger partial charge is 0.463 e. The van der Waals surface area contributed by atoms with Crippen LogP contribution < -0.4 is 5.32 Å². The predicted molar refractivity (Wildman–Crippen MR) is 82.5 cm³/mol. The molecular formula is C17H12N2O2. The SMILES string of the molecule is O=C(Nc1cccc2ccccc12)c1cc2occc2[nH]1. The van der Waals surface area contributed by atoms with E-state index in [1.54, 1.807) is 18.4 Å². The standard InChI is InChI=1S/C17H12N2O2/c20-17(15-10-16-14(18-15)8-9-21-16)19-13-7-3-5-11-4-1-2-6-12(11)13/h1-10,18H,(H,19,20). The number of aromatic amines is 1. The van der Waals surface area contributed by atoms with Crippen LogP contribution in [0.1, 0.15) is 10.5 Å². The highest BCUT2D eigenvalue weighted by molar-refractivity contribution is 6.09. The molecule has 0 saturated heterocycles. The molecule has 0 aliphatic rings. The fourth-order valence-electron chi connectivity index (χ4n) is 2.49. The molecule has 4 aromatic rings. The fourth-order valence-corrected chi connectivity index (χ4v) is 2.49. The summed E-state index contributed by atoms with van der Waals surface area (Å²) in [5, 5.41) is 5.05. The Morgan fingerprint density at radius 3 is 2.81 bits per heavy atom. The third-order valence-corrected chi connectivity index (χ3v) is 3.52. The summed E-state index contributed by atoms with van der Waals surface area (Å²) in [7, 11) is 0. The van der Waals surface area contributed by atoms with Gasteiger partial charge in [0, 0.05) is 23.2 Å². The summed E-state index contributed by atoms with van der Waals surface area (Å²) >= 11 is 0. The van der Waals surface area contributed by atoms with Gasteiger partial charge in [-0.15, -0.1) is 0 Å². The van der Waals surface area contributed by atoms with Crippen LogP contribution in [0.3, 0.4) is 0 Å². The van der Waals surface area contributed by atoms with E-state index in [2.05, 4.69) is 10.3 Å². The molecule has 21 heavy (non-hydrogen) atoms. The zero-order valence-electron chi connectivity index (χ0n) is 11.1. The van der Waals surface area contributed by atoms with Crippen molar-refractivity contribution >= 4 is 33.5 Å². The molecule has 0 bridgehead atoms. The van der Waals surface area contributed by atoms with Gasteiger partial charge in [0.15, 0.2) is 5.58 Å². The lowest BCUT2D eigenvalue weighted by Gasteiger charge is -2.07. The quantitative estimate of drug-likeness (QED) is 0.577. The van der Waals surface area contributed by atoms with Crippen LogP contribution in [0.4, 0.5) is 5.69 Å². The van der Waals surface area contributed by atoms with Crippen LogP contribution in [0, 0.1) is 0 Å². The lowest BCUT2D eigenvalue weighted by atomic mass is 10.1. The summed E-state index contributed by atoms with van der Waals surface area (Å²) in [6.07, 6.45) is 1.59. The molecule has 4 nitrogen and oxygen atoms in total. The second-order valence-corrected chi connectivity index (χ2v) is 4.86. The second kappa shape index (κ2) is 4.52. The first kappa shape index (κ1) is 11.8. The van der Waals surface area contributed by atoms with Gasteiger partial charge in [0.05, 0.1) is 11.8 Å². The predicted octanol–water partition coefficient (Wildman–Crippen LogP) is 4.17. The number of fused-ring (bicyclic) bond motifs is 2. The van der Waals surface area contributed by atoms with Crippen LogP contribution in [0.25, 0.3) is 21.9 Å². The topological polar surface area (TPSA) is 58.0 Å². The molecule has 0 saturated carbocycles. The Morgan fingerprint density at radius 1 is 1.05 bits per heavy atom. The summed E-state index contributed by atoms with van der Waals surface area (Å²) in [5.74, 6) is -0.183. The number of benzene rings is 2. The van der Waals surface area contributed by atoms with Crippen molar-refractivity contribution in [1.82, 2.24) is 4.98 Å². The van der Waals surface area contributed by atoms with Crippen molar-refractivity contribution in [2.24, 2.45) is 0 Å². The van der Waals surface area contributed by atoms with Crippen LogP contribution in [-0.2, 0) is 0 Å². The molecule has 0 radical (unpaired) electrons. The van der Waals surface area contributed by atoms with Gasteiger partial charge in [-0.05, 0) is 11.5 Å². The second-order valence-electron chi connectivity index (χ2n) is 4.86. The van der Waals surface area contributed by atoms with Gasteiger partial charge < -0.3 is 14.7 Å². The third kappa shape index (κ3) is 1.97. The number of nitrogens with one attached hydrogen (secondary N) is 2. The number of anilines is 1. The molecule has 0 aliphatic heterocycles. The monoisotopic (exact) mass is 276 g/mol. The number of aromatic nitrogens is 1. The zero-order valence-corrected chi connectivity index (χ0v) is 11.1. The Balaban J connectivity index is 1.71. The molecule has 2 N–H and O–H groups in total. The van der Waals surface area contributed by atoms with E-state index in [9.17, 15) is 4.79 Å². The highest BCUT2D eigenvalue weighted by Gasteiger charge is 2.12. The summed E-state index contributed by atoms with van der Waals surface area (Å²) in [6.45, 7) is 0. The maximum atomic E-state index is 12.3. The van der Waals surface area contributed by atoms with Gasteiger partial charge in [0.25, 0.3) is 5.91 Å². The first-order valence-electron chi connectivity index (χ1n) is 6.66. The Kier molecular flexibility index (Phi) is 2.54.